The molecule has 0 saturated carbocycles. The number of ether oxygens (including phenoxy) is 2. The van der Waals surface area contributed by atoms with Crippen LogP contribution in [0.3, 0.4) is 0 Å². The number of fused-ring (bicyclic) bond motifs is 1. The number of anilines is 1. The van der Waals surface area contributed by atoms with Gasteiger partial charge >= 0.3 is 6.03 Å². The summed E-state index contributed by atoms with van der Waals surface area (Å²) < 4.78 is 36.3. The van der Waals surface area contributed by atoms with Crippen molar-refractivity contribution >= 4 is 17.6 Å². The highest BCUT2D eigenvalue weighted by Crippen LogP contribution is 2.32. The first-order chi connectivity index (χ1) is 12.5. The lowest BCUT2D eigenvalue weighted by Crippen LogP contribution is -2.39. The minimum absolute atomic E-state index is 0.0940. The molecule has 7 nitrogen and oxygen atoms in total. The Balaban J connectivity index is 1.42. The van der Waals surface area contributed by atoms with Gasteiger partial charge in [0.15, 0.2) is 23.1 Å². The molecule has 9 heteroatoms. The summed E-state index contributed by atoms with van der Waals surface area (Å²) in [6.07, 6.45) is 0. The van der Waals surface area contributed by atoms with E-state index in [1.807, 2.05) is 0 Å². The molecule has 3 amide bonds. The molecule has 1 aliphatic heterocycles. The molecule has 0 aromatic heterocycles. The SMILES string of the molecule is O=C(CNC(=O)NCc1ccc2c(c1)OCO2)Nc1ccc(F)c(F)c1. The van der Waals surface area contributed by atoms with Crippen molar-refractivity contribution in [1.82, 2.24) is 10.6 Å². The molecule has 2 aromatic rings. The Kier molecular flexibility index (Phi) is 5.16. The summed E-state index contributed by atoms with van der Waals surface area (Å²) in [5, 5.41) is 7.30. The number of urea groups is 1. The lowest BCUT2D eigenvalue weighted by molar-refractivity contribution is -0.115. The molecule has 136 valence electrons. The van der Waals surface area contributed by atoms with Gasteiger partial charge in [0.1, 0.15) is 0 Å². The van der Waals surface area contributed by atoms with Crippen LogP contribution in [-0.2, 0) is 11.3 Å². The van der Waals surface area contributed by atoms with Crippen LogP contribution in [0.1, 0.15) is 5.56 Å². The molecule has 0 fully saturated rings. The average Bonchev–Trinajstić information content (AvgIpc) is 3.09. The third-order valence-corrected chi connectivity index (χ3v) is 3.50. The number of rotatable bonds is 5. The Hall–Kier alpha value is -3.36. The molecule has 0 spiro atoms. The van der Waals surface area contributed by atoms with E-state index in [4.69, 9.17) is 9.47 Å². The van der Waals surface area contributed by atoms with Crippen molar-refractivity contribution in [1.29, 1.82) is 0 Å². The van der Waals surface area contributed by atoms with Crippen molar-refractivity contribution in [2.24, 2.45) is 0 Å². The molecular weight excluding hydrogens is 348 g/mol. The first kappa shape index (κ1) is 17.5. The first-order valence-corrected chi connectivity index (χ1v) is 7.66. The number of hydrogen-bond donors (Lipinski definition) is 3. The van der Waals surface area contributed by atoms with E-state index in [9.17, 15) is 18.4 Å². The Labute approximate surface area is 147 Å². The van der Waals surface area contributed by atoms with Crippen LogP contribution in [0.25, 0.3) is 0 Å². The largest absolute Gasteiger partial charge is 0.454 e. The number of halogens is 2. The van der Waals surface area contributed by atoms with E-state index in [2.05, 4.69) is 16.0 Å². The normalized spacial score (nSPS) is 11.8. The standard InChI is InChI=1S/C17H15F2N3O4/c18-12-3-2-11(6-13(12)19)22-16(23)8-21-17(24)20-7-10-1-4-14-15(5-10)26-9-25-14/h1-6H,7-9H2,(H,22,23)(H2,20,21,24). The van der Waals surface area contributed by atoms with Gasteiger partial charge in [-0.3, -0.25) is 4.79 Å². The quantitative estimate of drug-likeness (QED) is 0.759. The van der Waals surface area contributed by atoms with Gasteiger partial charge in [0.25, 0.3) is 0 Å². The monoisotopic (exact) mass is 363 g/mol. The molecule has 26 heavy (non-hydrogen) atoms. The molecule has 3 rings (SSSR count). The van der Waals surface area contributed by atoms with Gasteiger partial charge in [-0.15, -0.1) is 0 Å². The van der Waals surface area contributed by atoms with Gasteiger partial charge in [-0.25, -0.2) is 13.6 Å². The third-order valence-electron chi connectivity index (χ3n) is 3.50. The van der Waals surface area contributed by atoms with E-state index < -0.39 is 23.6 Å². The highest BCUT2D eigenvalue weighted by molar-refractivity contribution is 5.94. The summed E-state index contributed by atoms with van der Waals surface area (Å²) in [4.78, 5) is 23.5. The van der Waals surface area contributed by atoms with Crippen LogP contribution >= 0.6 is 0 Å². The van der Waals surface area contributed by atoms with E-state index in [1.54, 1.807) is 18.2 Å². The maximum atomic E-state index is 13.1. The number of nitrogens with one attached hydrogen (secondary N) is 3. The summed E-state index contributed by atoms with van der Waals surface area (Å²) in [5.74, 6) is -1.40. The van der Waals surface area contributed by atoms with Crippen LogP contribution in [0.15, 0.2) is 36.4 Å². The minimum Gasteiger partial charge on any atom is -0.454 e. The van der Waals surface area contributed by atoms with Crippen LogP contribution in [0.4, 0.5) is 19.3 Å². The van der Waals surface area contributed by atoms with Gasteiger partial charge in [0.05, 0.1) is 6.54 Å². The Morgan fingerprint density at radius 1 is 0.962 bits per heavy atom. The molecule has 0 saturated heterocycles. The molecule has 3 N–H and O–H groups in total. The zero-order valence-corrected chi connectivity index (χ0v) is 13.5. The van der Waals surface area contributed by atoms with Gasteiger partial charge in [0.2, 0.25) is 12.7 Å². The van der Waals surface area contributed by atoms with Crippen LogP contribution in [0.5, 0.6) is 11.5 Å². The maximum Gasteiger partial charge on any atom is 0.315 e. The topological polar surface area (TPSA) is 88.7 Å². The van der Waals surface area contributed by atoms with Gasteiger partial charge < -0.3 is 25.4 Å². The fraction of sp³-hybridized carbons (Fsp3) is 0.176. The fourth-order valence-corrected chi connectivity index (χ4v) is 2.24. The van der Waals surface area contributed by atoms with Gasteiger partial charge in [-0.2, -0.15) is 0 Å². The minimum atomic E-state index is -1.07. The smallest absolute Gasteiger partial charge is 0.315 e. The Bertz CT molecular complexity index is 845. The predicted octanol–water partition coefficient (Wildman–Crippen LogP) is 2.13. The third kappa shape index (κ3) is 4.38. The molecule has 0 atom stereocenters. The summed E-state index contributed by atoms with van der Waals surface area (Å²) in [7, 11) is 0. The van der Waals surface area contributed by atoms with Crippen LogP contribution in [0, 0.1) is 11.6 Å². The van der Waals surface area contributed by atoms with Gasteiger partial charge in [-0.1, -0.05) is 6.07 Å². The number of carbonyl (C=O) groups excluding carboxylic acids is 2. The maximum absolute atomic E-state index is 13.1. The summed E-state index contributed by atoms with van der Waals surface area (Å²) >= 11 is 0. The van der Waals surface area contributed by atoms with Gasteiger partial charge in [-0.05, 0) is 29.8 Å². The zero-order valence-electron chi connectivity index (χ0n) is 13.5. The van der Waals surface area contributed by atoms with Crippen molar-refractivity contribution < 1.29 is 27.8 Å². The molecule has 1 heterocycles. The molecule has 0 bridgehead atoms. The molecule has 0 aliphatic carbocycles. The number of amides is 3. The number of hydrogen-bond acceptors (Lipinski definition) is 4. The highest BCUT2D eigenvalue weighted by Gasteiger charge is 2.13. The Morgan fingerprint density at radius 3 is 2.58 bits per heavy atom. The van der Waals surface area contributed by atoms with Crippen molar-refractivity contribution in [3.05, 3.63) is 53.6 Å². The van der Waals surface area contributed by atoms with E-state index in [1.165, 1.54) is 6.07 Å². The van der Waals surface area contributed by atoms with E-state index >= 15 is 0 Å². The van der Waals surface area contributed by atoms with Gasteiger partial charge in [0, 0.05) is 18.3 Å². The van der Waals surface area contributed by atoms with E-state index in [0.717, 1.165) is 17.7 Å². The van der Waals surface area contributed by atoms with Crippen molar-refractivity contribution in [3.8, 4) is 11.5 Å². The second kappa shape index (κ2) is 7.68. The van der Waals surface area contributed by atoms with Crippen molar-refractivity contribution in [2.75, 3.05) is 18.7 Å². The number of carbonyl (C=O) groups is 2. The molecule has 1 aliphatic rings. The Morgan fingerprint density at radius 2 is 1.77 bits per heavy atom. The second-order valence-corrected chi connectivity index (χ2v) is 5.40. The highest BCUT2D eigenvalue weighted by atomic mass is 19.2. The lowest BCUT2D eigenvalue weighted by Gasteiger charge is -2.09. The predicted molar refractivity (Wildman–Crippen MR) is 87.8 cm³/mol. The van der Waals surface area contributed by atoms with Crippen LogP contribution in [-0.4, -0.2) is 25.3 Å². The van der Waals surface area contributed by atoms with Crippen LogP contribution in [0.2, 0.25) is 0 Å². The molecular formula is C17H15F2N3O4. The molecule has 2 aromatic carbocycles. The summed E-state index contributed by atoms with van der Waals surface area (Å²) in [5.41, 5.74) is 0.895. The zero-order chi connectivity index (χ0) is 18.5. The lowest BCUT2D eigenvalue weighted by atomic mass is 10.2. The molecule has 0 radical (unpaired) electrons. The second-order valence-electron chi connectivity index (χ2n) is 5.40. The van der Waals surface area contributed by atoms with Crippen molar-refractivity contribution in [3.63, 3.8) is 0 Å². The summed E-state index contributed by atoms with van der Waals surface area (Å²) in [6, 6.07) is 7.69. The first-order valence-electron chi connectivity index (χ1n) is 7.66. The average molecular weight is 363 g/mol. The van der Waals surface area contributed by atoms with E-state index in [0.29, 0.717) is 11.5 Å². The summed E-state index contributed by atoms with van der Waals surface area (Å²) in [6.45, 7) is 0.0685. The van der Waals surface area contributed by atoms with E-state index in [-0.39, 0.29) is 25.6 Å². The number of benzene rings is 2. The van der Waals surface area contributed by atoms with Crippen molar-refractivity contribution in [2.45, 2.75) is 6.54 Å². The van der Waals surface area contributed by atoms with Crippen LogP contribution < -0.4 is 25.4 Å². The fourth-order valence-electron chi connectivity index (χ4n) is 2.24. The molecule has 0 unspecified atom stereocenters.